The van der Waals surface area contributed by atoms with Crippen molar-refractivity contribution in [2.75, 3.05) is 24.5 Å². The van der Waals surface area contributed by atoms with Crippen LogP contribution in [-0.4, -0.2) is 49.4 Å². The van der Waals surface area contributed by atoms with Gasteiger partial charge >= 0.3 is 6.09 Å². The zero-order chi connectivity index (χ0) is 16.9. The Balaban J connectivity index is 1.55. The van der Waals surface area contributed by atoms with Gasteiger partial charge in [0.05, 0.1) is 0 Å². The first-order chi connectivity index (χ1) is 11.6. The summed E-state index contributed by atoms with van der Waals surface area (Å²) in [7, 11) is 1.94. The lowest BCUT2D eigenvalue weighted by Crippen LogP contribution is -2.52. The predicted molar refractivity (Wildman–Crippen MR) is 93.0 cm³/mol. The van der Waals surface area contributed by atoms with Crippen molar-refractivity contribution in [1.82, 2.24) is 9.88 Å². The van der Waals surface area contributed by atoms with Crippen molar-refractivity contribution in [3.05, 3.63) is 54.2 Å². The highest BCUT2D eigenvalue weighted by Gasteiger charge is 2.29. The molecule has 1 aromatic heterocycles. The Bertz CT molecular complexity index is 722. The van der Waals surface area contributed by atoms with Gasteiger partial charge in [0.2, 0.25) is 5.91 Å². The summed E-state index contributed by atoms with van der Waals surface area (Å²) in [4.78, 5) is 31.7. The van der Waals surface area contributed by atoms with Gasteiger partial charge in [-0.25, -0.2) is 9.78 Å². The summed E-state index contributed by atoms with van der Waals surface area (Å²) >= 11 is 0. The molecular weight excluding hydrogens is 305 g/mol. The molecule has 0 unspecified atom stereocenters. The Morgan fingerprint density at radius 3 is 2.62 bits per heavy atom. The first-order valence-corrected chi connectivity index (χ1v) is 7.82. The van der Waals surface area contributed by atoms with Crippen molar-refractivity contribution in [1.29, 1.82) is 0 Å². The summed E-state index contributed by atoms with van der Waals surface area (Å²) < 4.78 is 5.27. The zero-order valence-electron chi connectivity index (χ0n) is 13.5. The van der Waals surface area contributed by atoms with Gasteiger partial charge in [-0.1, -0.05) is 41.9 Å². The fraction of sp³-hybridized carbons (Fsp3) is 0.235. The van der Waals surface area contributed by atoms with E-state index in [0.29, 0.717) is 18.9 Å². The number of amides is 2. The minimum absolute atomic E-state index is 0.00315. The fourth-order valence-corrected chi connectivity index (χ4v) is 2.50. The van der Waals surface area contributed by atoms with Crippen LogP contribution < -0.4 is 10.4 Å². The third-order valence-corrected chi connectivity index (χ3v) is 3.86. The van der Waals surface area contributed by atoms with E-state index in [2.05, 4.69) is 4.98 Å². The Kier molecular flexibility index (Phi) is 4.79. The first-order valence-electron chi connectivity index (χ1n) is 7.82. The summed E-state index contributed by atoms with van der Waals surface area (Å²) in [5.74, 6) is 0.456. The van der Waals surface area contributed by atoms with E-state index in [1.165, 1.54) is 4.90 Å². The average molecular weight is 323 g/mol. The number of anilines is 1. The molecule has 1 aliphatic heterocycles. The highest BCUT2D eigenvalue weighted by atomic mass is 16.6. The molecule has 1 aliphatic rings. The maximum Gasteiger partial charge on any atom is 0.410 e. The van der Waals surface area contributed by atoms with E-state index in [4.69, 9.17) is 4.74 Å². The van der Waals surface area contributed by atoms with Gasteiger partial charge in [-0.05, 0) is 11.6 Å². The first kappa shape index (κ1) is 16.0. The molecule has 0 spiro atoms. The van der Waals surface area contributed by atoms with E-state index >= 15 is 0 Å². The molecular formula is C17H18BN3O3. The third kappa shape index (κ3) is 3.74. The summed E-state index contributed by atoms with van der Waals surface area (Å²) in [6.07, 6.45) is 1.26. The Morgan fingerprint density at radius 2 is 1.96 bits per heavy atom. The SMILES string of the molecule is Bc1ccc(N2CCN(C(=O)OCc3ccccc3)CC2=O)nc1. The number of nitrogens with zero attached hydrogens (tertiary/aromatic N) is 3. The van der Waals surface area contributed by atoms with Crippen LogP contribution in [0.3, 0.4) is 0 Å². The number of benzene rings is 1. The molecule has 0 N–H and O–H groups in total. The molecule has 2 amide bonds. The van der Waals surface area contributed by atoms with Crippen molar-refractivity contribution >= 4 is 31.1 Å². The van der Waals surface area contributed by atoms with Gasteiger partial charge in [-0.15, -0.1) is 0 Å². The minimum Gasteiger partial charge on any atom is -0.445 e. The molecule has 0 radical (unpaired) electrons. The third-order valence-electron chi connectivity index (χ3n) is 3.86. The molecule has 0 aliphatic carbocycles. The number of hydrogen-bond acceptors (Lipinski definition) is 4. The standard InChI is InChI=1S/C17H18BN3O3/c18-14-6-7-15(19-10-14)21-9-8-20(11-16(21)22)17(23)24-12-13-4-2-1-3-5-13/h1-7,10H,8-9,11-12,18H2. The topological polar surface area (TPSA) is 62.7 Å². The van der Waals surface area contributed by atoms with Gasteiger partial charge in [0.1, 0.15) is 26.8 Å². The molecule has 3 rings (SSSR count). The maximum absolute atomic E-state index is 12.3. The quantitative estimate of drug-likeness (QED) is 0.764. The zero-order valence-corrected chi connectivity index (χ0v) is 13.5. The number of ether oxygens (including phenoxy) is 1. The summed E-state index contributed by atoms with van der Waals surface area (Å²) in [5, 5.41) is 0. The van der Waals surface area contributed by atoms with E-state index in [-0.39, 0.29) is 19.1 Å². The average Bonchev–Trinajstić information content (AvgIpc) is 2.61. The molecule has 24 heavy (non-hydrogen) atoms. The molecule has 0 atom stereocenters. The van der Waals surface area contributed by atoms with Crippen LogP contribution in [0.5, 0.6) is 0 Å². The summed E-state index contributed by atoms with van der Waals surface area (Å²) in [6, 6.07) is 13.2. The van der Waals surface area contributed by atoms with Crippen molar-refractivity contribution in [2.45, 2.75) is 6.61 Å². The second-order valence-electron chi connectivity index (χ2n) is 5.70. The number of rotatable bonds is 3. The second kappa shape index (κ2) is 7.17. The molecule has 2 heterocycles. The molecule has 1 saturated heterocycles. The summed E-state index contributed by atoms with van der Waals surface area (Å²) in [5.41, 5.74) is 1.95. The smallest absolute Gasteiger partial charge is 0.410 e. The van der Waals surface area contributed by atoms with Crippen molar-refractivity contribution in [3.8, 4) is 0 Å². The fourth-order valence-electron chi connectivity index (χ4n) is 2.50. The number of carbonyl (C=O) groups is 2. The van der Waals surface area contributed by atoms with Gasteiger partial charge in [0.25, 0.3) is 0 Å². The molecule has 2 aromatic rings. The molecule has 0 bridgehead atoms. The molecule has 122 valence electrons. The van der Waals surface area contributed by atoms with Gasteiger partial charge < -0.3 is 4.74 Å². The van der Waals surface area contributed by atoms with Crippen LogP contribution in [0.4, 0.5) is 10.6 Å². The van der Waals surface area contributed by atoms with Crippen molar-refractivity contribution in [3.63, 3.8) is 0 Å². The van der Waals surface area contributed by atoms with Crippen LogP contribution in [0.1, 0.15) is 5.56 Å². The predicted octanol–water partition coefficient (Wildman–Crippen LogP) is 0.325. The number of piperazine rings is 1. The second-order valence-corrected chi connectivity index (χ2v) is 5.70. The molecule has 7 heteroatoms. The molecule has 1 fully saturated rings. The number of hydrogen-bond donors (Lipinski definition) is 0. The summed E-state index contributed by atoms with van der Waals surface area (Å²) in [6.45, 7) is 1.04. The van der Waals surface area contributed by atoms with Gasteiger partial charge in [-0.3, -0.25) is 14.6 Å². The largest absolute Gasteiger partial charge is 0.445 e. The van der Waals surface area contributed by atoms with Gasteiger partial charge in [-0.2, -0.15) is 0 Å². The van der Waals surface area contributed by atoms with Crippen LogP contribution in [0, 0.1) is 0 Å². The van der Waals surface area contributed by atoms with E-state index < -0.39 is 6.09 Å². The van der Waals surface area contributed by atoms with Crippen LogP contribution in [0.15, 0.2) is 48.7 Å². The van der Waals surface area contributed by atoms with Gasteiger partial charge in [0.15, 0.2) is 0 Å². The Hall–Kier alpha value is -2.83. The normalized spacial score (nSPS) is 14.6. The lowest BCUT2D eigenvalue weighted by Gasteiger charge is -2.33. The number of aromatic nitrogens is 1. The van der Waals surface area contributed by atoms with Crippen LogP contribution >= 0.6 is 0 Å². The number of pyridine rings is 1. The molecule has 0 saturated carbocycles. The monoisotopic (exact) mass is 323 g/mol. The minimum atomic E-state index is -0.469. The van der Waals surface area contributed by atoms with E-state index in [1.54, 1.807) is 11.1 Å². The van der Waals surface area contributed by atoms with E-state index in [1.807, 2.05) is 50.3 Å². The lowest BCUT2D eigenvalue weighted by molar-refractivity contribution is -0.121. The Labute approximate surface area is 141 Å². The highest BCUT2D eigenvalue weighted by molar-refractivity contribution is 6.32. The van der Waals surface area contributed by atoms with Crippen molar-refractivity contribution in [2.24, 2.45) is 0 Å². The molecule has 6 nitrogen and oxygen atoms in total. The van der Waals surface area contributed by atoms with Crippen LogP contribution in [0.25, 0.3) is 0 Å². The van der Waals surface area contributed by atoms with Crippen LogP contribution in [-0.2, 0) is 16.1 Å². The lowest BCUT2D eigenvalue weighted by atomic mass is 9.99. The molecule has 1 aromatic carbocycles. The van der Waals surface area contributed by atoms with E-state index in [9.17, 15) is 9.59 Å². The number of carbonyl (C=O) groups excluding carboxylic acids is 2. The highest BCUT2D eigenvalue weighted by Crippen LogP contribution is 2.14. The van der Waals surface area contributed by atoms with E-state index in [0.717, 1.165) is 11.0 Å². The Morgan fingerprint density at radius 1 is 1.17 bits per heavy atom. The van der Waals surface area contributed by atoms with Gasteiger partial charge in [0, 0.05) is 19.3 Å². The maximum atomic E-state index is 12.3. The van der Waals surface area contributed by atoms with Crippen LogP contribution in [0.2, 0.25) is 0 Å². The van der Waals surface area contributed by atoms with Crippen molar-refractivity contribution < 1.29 is 14.3 Å².